The minimum absolute atomic E-state index is 0.0713. The summed E-state index contributed by atoms with van der Waals surface area (Å²) in [5.74, 6) is 3.18. The number of halogens is 4. The molecule has 5 heteroatoms. The first-order valence-electron chi connectivity index (χ1n) is 16.5. The number of benzene rings is 1. The van der Waals surface area contributed by atoms with Crippen LogP contribution in [-0.4, -0.2) is 6.10 Å². The minimum Gasteiger partial charge on any atom is -0.487 e. The molecular formula is C35H50F4O. The molecule has 4 fully saturated rings. The van der Waals surface area contributed by atoms with Crippen molar-refractivity contribution in [3.05, 3.63) is 41.2 Å². The molecule has 4 aliphatic carbocycles. The van der Waals surface area contributed by atoms with E-state index in [0.29, 0.717) is 18.3 Å². The Bertz CT molecular complexity index is 956. The molecule has 1 aromatic rings. The summed E-state index contributed by atoms with van der Waals surface area (Å²) in [7, 11) is 0. The van der Waals surface area contributed by atoms with E-state index < -0.39 is 17.6 Å². The number of allylic oxidation sites excluding steroid dienone is 2. The molecule has 40 heavy (non-hydrogen) atoms. The van der Waals surface area contributed by atoms with E-state index in [1.165, 1.54) is 69.9 Å². The lowest BCUT2D eigenvalue weighted by Crippen LogP contribution is -2.25. The molecule has 1 nitrogen and oxygen atoms in total. The SMILES string of the molecule is CCC1CCC(C2CCC(/C=C/C3CCC(CCc4ccc(OC5CCC5)c(F)c4C(F)(F)F)CC3)CC2)CC1. The fourth-order valence-corrected chi connectivity index (χ4v) is 8.09. The van der Waals surface area contributed by atoms with Crippen LogP contribution in [0.25, 0.3) is 0 Å². The molecule has 0 atom stereocenters. The van der Waals surface area contributed by atoms with Crippen LogP contribution in [0, 0.1) is 41.3 Å². The van der Waals surface area contributed by atoms with Crippen LogP contribution in [0.1, 0.15) is 127 Å². The molecule has 0 aromatic heterocycles. The van der Waals surface area contributed by atoms with Crippen molar-refractivity contribution in [2.45, 2.75) is 135 Å². The maximum Gasteiger partial charge on any atom is 0.419 e. The summed E-state index contributed by atoms with van der Waals surface area (Å²) in [6.07, 6.45) is 20.6. The molecule has 1 aromatic carbocycles. The van der Waals surface area contributed by atoms with Gasteiger partial charge in [0.05, 0.1) is 11.7 Å². The van der Waals surface area contributed by atoms with Crippen molar-refractivity contribution in [1.29, 1.82) is 0 Å². The summed E-state index contributed by atoms with van der Waals surface area (Å²) in [6, 6.07) is 2.85. The van der Waals surface area contributed by atoms with Crippen LogP contribution >= 0.6 is 0 Å². The van der Waals surface area contributed by atoms with Gasteiger partial charge in [0, 0.05) is 0 Å². The highest BCUT2D eigenvalue weighted by Gasteiger charge is 2.39. The van der Waals surface area contributed by atoms with Crippen LogP contribution in [0.5, 0.6) is 5.75 Å². The topological polar surface area (TPSA) is 9.23 Å². The van der Waals surface area contributed by atoms with Crippen LogP contribution in [-0.2, 0) is 12.6 Å². The van der Waals surface area contributed by atoms with E-state index >= 15 is 0 Å². The Kier molecular flexibility index (Phi) is 10.2. The number of rotatable bonds is 9. The Morgan fingerprint density at radius 2 is 1.30 bits per heavy atom. The lowest BCUT2D eigenvalue weighted by molar-refractivity contribution is -0.140. The third kappa shape index (κ3) is 7.65. The first-order valence-corrected chi connectivity index (χ1v) is 16.5. The number of ether oxygens (including phenoxy) is 1. The molecule has 5 rings (SSSR count). The first kappa shape index (κ1) is 30.0. The zero-order valence-electron chi connectivity index (χ0n) is 24.5. The lowest BCUT2D eigenvalue weighted by Gasteiger charge is -2.37. The highest BCUT2D eigenvalue weighted by Crippen LogP contribution is 2.43. The van der Waals surface area contributed by atoms with Crippen molar-refractivity contribution in [3.63, 3.8) is 0 Å². The zero-order chi connectivity index (χ0) is 28.1. The molecule has 0 spiro atoms. The average molecular weight is 563 g/mol. The van der Waals surface area contributed by atoms with E-state index in [1.807, 2.05) is 0 Å². The van der Waals surface area contributed by atoms with E-state index in [1.54, 1.807) is 0 Å². The first-order chi connectivity index (χ1) is 19.3. The third-order valence-corrected chi connectivity index (χ3v) is 11.1. The van der Waals surface area contributed by atoms with Gasteiger partial charge < -0.3 is 4.74 Å². The van der Waals surface area contributed by atoms with Gasteiger partial charge in [0.2, 0.25) is 0 Å². The van der Waals surface area contributed by atoms with Gasteiger partial charge in [-0.25, -0.2) is 4.39 Å². The second-order valence-corrected chi connectivity index (χ2v) is 13.6. The summed E-state index contributed by atoms with van der Waals surface area (Å²) in [5.41, 5.74) is -1.05. The Morgan fingerprint density at radius 3 is 1.82 bits per heavy atom. The Hall–Kier alpha value is -1.52. The van der Waals surface area contributed by atoms with Crippen LogP contribution < -0.4 is 4.74 Å². The summed E-state index contributed by atoms with van der Waals surface area (Å²) in [6.45, 7) is 2.34. The molecular weight excluding hydrogens is 512 g/mol. The number of alkyl halides is 3. The molecule has 4 saturated carbocycles. The van der Waals surface area contributed by atoms with Crippen molar-refractivity contribution < 1.29 is 22.3 Å². The van der Waals surface area contributed by atoms with Crippen molar-refractivity contribution in [3.8, 4) is 5.75 Å². The predicted octanol–water partition coefficient (Wildman–Crippen LogP) is 11.1. The molecule has 0 N–H and O–H groups in total. The normalized spacial score (nSPS) is 32.2. The van der Waals surface area contributed by atoms with Gasteiger partial charge in [-0.1, -0.05) is 44.4 Å². The zero-order valence-corrected chi connectivity index (χ0v) is 24.5. The Labute approximate surface area is 239 Å². The van der Waals surface area contributed by atoms with E-state index in [-0.39, 0.29) is 23.8 Å². The highest BCUT2D eigenvalue weighted by molar-refractivity contribution is 5.40. The largest absolute Gasteiger partial charge is 0.487 e. The molecule has 224 valence electrons. The van der Waals surface area contributed by atoms with Crippen LogP contribution in [0.2, 0.25) is 0 Å². The van der Waals surface area contributed by atoms with E-state index in [2.05, 4.69) is 19.1 Å². The molecule has 0 heterocycles. The van der Waals surface area contributed by atoms with Crippen LogP contribution in [0.4, 0.5) is 17.6 Å². The van der Waals surface area contributed by atoms with Crippen LogP contribution in [0.15, 0.2) is 24.3 Å². The molecule has 0 bridgehead atoms. The van der Waals surface area contributed by atoms with Gasteiger partial charge in [0.15, 0.2) is 11.6 Å². The van der Waals surface area contributed by atoms with Gasteiger partial charge in [-0.3, -0.25) is 0 Å². The average Bonchev–Trinajstić information content (AvgIpc) is 2.93. The predicted molar refractivity (Wildman–Crippen MR) is 154 cm³/mol. The monoisotopic (exact) mass is 562 g/mol. The summed E-state index contributed by atoms with van der Waals surface area (Å²) in [5, 5.41) is 0. The Morgan fingerprint density at radius 1 is 0.750 bits per heavy atom. The minimum atomic E-state index is -4.71. The van der Waals surface area contributed by atoms with Gasteiger partial charge in [-0.05, 0) is 143 Å². The fourth-order valence-electron chi connectivity index (χ4n) is 8.09. The smallest absolute Gasteiger partial charge is 0.419 e. The molecule has 0 saturated heterocycles. The van der Waals surface area contributed by atoms with Gasteiger partial charge in [-0.2, -0.15) is 13.2 Å². The van der Waals surface area contributed by atoms with Gasteiger partial charge in [0.1, 0.15) is 0 Å². The van der Waals surface area contributed by atoms with Gasteiger partial charge in [0.25, 0.3) is 0 Å². The van der Waals surface area contributed by atoms with E-state index in [0.717, 1.165) is 68.6 Å². The highest BCUT2D eigenvalue weighted by atomic mass is 19.4. The van der Waals surface area contributed by atoms with Gasteiger partial charge >= 0.3 is 6.18 Å². The number of hydrogen-bond donors (Lipinski definition) is 0. The quantitative estimate of drug-likeness (QED) is 0.215. The third-order valence-electron chi connectivity index (χ3n) is 11.1. The lowest BCUT2D eigenvalue weighted by atomic mass is 9.69. The second-order valence-electron chi connectivity index (χ2n) is 13.6. The summed E-state index contributed by atoms with van der Waals surface area (Å²) < 4.78 is 61.9. The van der Waals surface area contributed by atoms with Crippen molar-refractivity contribution >= 4 is 0 Å². The summed E-state index contributed by atoms with van der Waals surface area (Å²) in [4.78, 5) is 0. The second kappa shape index (κ2) is 13.6. The maximum atomic E-state index is 14.9. The standard InChI is InChI=1S/C35H50F4O/c1-2-24-12-17-28(18-13-24)29-19-14-27(15-20-29)11-8-25-6-9-26(10-7-25)16-21-30-22-23-32(40-31-4-3-5-31)34(36)33(30)35(37,38)39/h8,11,22-29,31H,2-7,9-10,12-21H2,1H3/b11-8+. The fraction of sp³-hybridized carbons (Fsp3) is 0.771. The van der Waals surface area contributed by atoms with E-state index in [9.17, 15) is 17.6 Å². The molecule has 0 unspecified atom stereocenters. The molecule has 0 aliphatic heterocycles. The van der Waals surface area contributed by atoms with E-state index in [4.69, 9.17) is 4.74 Å². The van der Waals surface area contributed by atoms with Crippen molar-refractivity contribution in [2.75, 3.05) is 0 Å². The van der Waals surface area contributed by atoms with Crippen molar-refractivity contribution in [2.24, 2.45) is 35.5 Å². The maximum absolute atomic E-state index is 14.9. The molecule has 4 aliphatic rings. The van der Waals surface area contributed by atoms with Crippen molar-refractivity contribution in [1.82, 2.24) is 0 Å². The van der Waals surface area contributed by atoms with Gasteiger partial charge in [-0.15, -0.1) is 0 Å². The number of hydrogen-bond acceptors (Lipinski definition) is 1. The number of aryl methyl sites for hydroxylation is 1. The van der Waals surface area contributed by atoms with Crippen LogP contribution in [0.3, 0.4) is 0 Å². The molecule has 0 amide bonds. The Balaban J connectivity index is 1.05. The molecule has 0 radical (unpaired) electrons. The summed E-state index contributed by atoms with van der Waals surface area (Å²) >= 11 is 0.